The van der Waals surface area contributed by atoms with E-state index in [2.05, 4.69) is 32.4 Å². The number of piperidine rings is 1. The molecule has 2 saturated heterocycles. The van der Waals surface area contributed by atoms with Crippen molar-refractivity contribution in [2.75, 3.05) is 33.2 Å². The van der Waals surface area contributed by atoms with E-state index < -0.39 is 0 Å². The fourth-order valence-corrected chi connectivity index (χ4v) is 3.95. The first-order chi connectivity index (χ1) is 11.2. The Bertz CT molecular complexity index is 495. The zero-order valence-electron chi connectivity index (χ0n) is 14.2. The average Bonchev–Trinajstić information content (AvgIpc) is 3.00. The van der Waals surface area contributed by atoms with E-state index in [9.17, 15) is 4.79 Å². The third-order valence-electron chi connectivity index (χ3n) is 5.62. The topological polar surface area (TPSA) is 67.2 Å². The van der Waals surface area contributed by atoms with Crippen LogP contribution in [0.15, 0.2) is 6.33 Å². The van der Waals surface area contributed by atoms with E-state index in [4.69, 9.17) is 0 Å². The summed E-state index contributed by atoms with van der Waals surface area (Å²) in [5.41, 5.74) is 0.494. The van der Waals surface area contributed by atoms with Crippen molar-refractivity contribution in [2.45, 2.75) is 51.5 Å². The molecule has 3 heterocycles. The highest BCUT2D eigenvalue weighted by molar-refractivity contribution is 5.76. The molecule has 1 aromatic heterocycles. The highest BCUT2D eigenvalue weighted by Crippen LogP contribution is 2.41. The summed E-state index contributed by atoms with van der Waals surface area (Å²) in [4.78, 5) is 16.9. The molecule has 2 fully saturated rings. The van der Waals surface area contributed by atoms with Crippen molar-refractivity contribution in [3.63, 3.8) is 0 Å². The molecule has 7 nitrogen and oxygen atoms in total. The summed E-state index contributed by atoms with van der Waals surface area (Å²) >= 11 is 0. The Labute approximate surface area is 138 Å². The SMILES string of the molecule is CN1CCCC2(CC1)CCN(C(=O)CCCn1cnnn1)CC2. The van der Waals surface area contributed by atoms with Gasteiger partial charge in [-0.05, 0) is 74.5 Å². The molecule has 0 aromatic carbocycles. The minimum Gasteiger partial charge on any atom is -0.343 e. The first kappa shape index (κ1) is 16.4. The van der Waals surface area contributed by atoms with E-state index in [1.165, 1.54) is 45.2 Å². The number of carbonyl (C=O) groups is 1. The molecule has 0 N–H and O–H groups in total. The minimum absolute atomic E-state index is 0.290. The zero-order chi connectivity index (χ0) is 16.1. The Morgan fingerprint density at radius 1 is 1.13 bits per heavy atom. The van der Waals surface area contributed by atoms with E-state index in [0.717, 1.165) is 19.5 Å². The van der Waals surface area contributed by atoms with Gasteiger partial charge in [0.05, 0.1) is 0 Å². The van der Waals surface area contributed by atoms with Crippen molar-refractivity contribution in [1.29, 1.82) is 0 Å². The van der Waals surface area contributed by atoms with Crippen molar-refractivity contribution in [3.05, 3.63) is 6.33 Å². The van der Waals surface area contributed by atoms with Crippen LogP contribution in [0.3, 0.4) is 0 Å². The van der Waals surface area contributed by atoms with Crippen molar-refractivity contribution >= 4 is 5.91 Å². The number of likely N-dealkylation sites (tertiary alicyclic amines) is 2. The van der Waals surface area contributed by atoms with E-state index in [0.29, 0.717) is 24.3 Å². The van der Waals surface area contributed by atoms with Gasteiger partial charge in [-0.2, -0.15) is 0 Å². The van der Waals surface area contributed by atoms with Gasteiger partial charge in [0.25, 0.3) is 0 Å². The number of nitrogens with zero attached hydrogens (tertiary/aromatic N) is 6. The Balaban J connectivity index is 1.42. The fourth-order valence-electron chi connectivity index (χ4n) is 3.95. The molecule has 7 heteroatoms. The number of rotatable bonds is 4. The number of aromatic nitrogens is 4. The van der Waals surface area contributed by atoms with Crippen molar-refractivity contribution in [1.82, 2.24) is 30.0 Å². The van der Waals surface area contributed by atoms with Gasteiger partial charge in [0, 0.05) is 26.1 Å². The van der Waals surface area contributed by atoms with Crippen LogP contribution in [0.5, 0.6) is 0 Å². The number of carbonyl (C=O) groups excluding carboxylic acids is 1. The molecule has 2 aliphatic rings. The number of hydrogen-bond acceptors (Lipinski definition) is 5. The molecule has 23 heavy (non-hydrogen) atoms. The van der Waals surface area contributed by atoms with Crippen molar-refractivity contribution < 1.29 is 4.79 Å². The normalized spacial score (nSPS) is 22.2. The number of amides is 1. The van der Waals surface area contributed by atoms with Gasteiger partial charge in [-0.3, -0.25) is 4.79 Å². The maximum absolute atomic E-state index is 12.4. The number of tetrazole rings is 1. The lowest BCUT2D eigenvalue weighted by atomic mass is 9.73. The molecule has 0 aliphatic carbocycles. The van der Waals surface area contributed by atoms with Crippen LogP contribution in [0.2, 0.25) is 0 Å². The van der Waals surface area contributed by atoms with E-state index >= 15 is 0 Å². The number of hydrogen-bond donors (Lipinski definition) is 0. The fraction of sp³-hybridized carbons (Fsp3) is 0.875. The molecule has 2 aliphatic heterocycles. The standard InChI is InChI=1S/C16H28N6O/c1-20-9-3-5-16(6-11-20)7-12-21(13-8-16)15(23)4-2-10-22-14-17-18-19-22/h14H,2-13H2,1H3. The lowest BCUT2D eigenvalue weighted by Gasteiger charge is -2.41. The quantitative estimate of drug-likeness (QED) is 0.833. The molecule has 1 amide bonds. The maximum Gasteiger partial charge on any atom is 0.222 e. The summed E-state index contributed by atoms with van der Waals surface area (Å²) in [5, 5.41) is 11.0. The Morgan fingerprint density at radius 2 is 1.91 bits per heavy atom. The average molecular weight is 320 g/mol. The predicted octanol–water partition coefficient (Wildman–Crippen LogP) is 1.18. The predicted molar refractivity (Wildman–Crippen MR) is 86.6 cm³/mol. The van der Waals surface area contributed by atoms with Crippen LogP contribution < -0.4 is 0 Å². The smallest absolute Gasteiger partial charge is 0.222 e. The molecule has 0 saturated carbocycles. The monoisotopic (exact) mass is 320 g/mol. The molecule has 3 rings (SSSR count). The van der Waals surface area contributed by atoms with Crippen LogP contribution in [0.1, 0.15) is 44.9 Å². The van der Waals surface area contributed by atoms with Gasteiger partial charge in [-0.15, -0.1) is 5.10 Å². The molecule has 0 bridgehead atoms. The number of aryl methyl sites for hydroxylation is 1. The third kappa shape index (κ3) is 4.28. The first-order valence-electron chi connectivity index (χ1n) is 8.84. The lowest BCUT2D eigenvalue weighted by Crippen LogP contribution is -2.43. The summed E-state index contributed by atoms with van der Waals surface area (Å²) in [6, 6.07) is 0. The van der Waals surface area contributed by atoms with Gasteiger partial charge in [-0.25, -0.2) is 4.68 Å². The molecule has 1 aromatic rings. The molecule has 1 spiro atoms. The maximum atomic E-state index is 12.4. The van der Waals surface area contributed by atoms with Gasteiger partial charge in [-0.1, -0.05) is 0 Å². The van der Waals surface area contributed by atoms with Crippen LogP contribution in [0, 0.1) is 5.41 Å². The largest absolute Gasteiger partial charge is 0.343 e. The van der Waals surface area contributed by atoms with Crippen molar-refractivity contribution in [3.8, 4) is 0 Å². The molecule has 0 radical (unpaired) electrons. The van der Waals surface area contributed by atoms with Gasteiger partial charge < -0.3 is 9.80 Å². The Morgan fingerprint density at radius 3 is 2.65 bits per heavy atom. The Hall–Kier alpha value is -1.50. The second-order valence-electron chi connectivity index (χ2n) is 7.21. The molecular formula is C16H28N6O. The van der Waals surface area contributed by atoms with Crippen LogP contribution >= 0.6 is 0 Å². The van der Waals surface area contributed by atoms with Crippen molar-refractivity contribution in [2.24, 2.45) is 5.41 Å². The van der Waals surface area contributed by atoms with Gasteiger partial charge >= 0.3 is 0 Å². The minimum atomic E-state index is 0.290. The van der Waals surface area contributed by atoms with Gasteiger partial charge in [0.1, 0.15) is 6.33 Å². The summed E-state index contributed by atoms with van der Waals surface area (Å²) < 4.78 is 1.68. The van der Waals surface area contributed by atoms with E-state index in [-0.39, 0.29) is 0 Å². The van der Waals surface area contributed by atoms with Crippen LogP contribution in [0.25, 0.3) is 0 Å². The first-order valence-corrected chi connectivity index (χ1v) is 8.84. The third-order valence-corrected chi connectivity index (χ3v) is 5.62. The Kier molecular flexibility index (Phi) is 5.25. The van der Waals surface area contributed by atoms with Crippen LogP contribution in [0.4, 0.5) is 0 Å². The molecule has 0 atom stereocenters. The molecule has 128 valence electrons. The summed E-state index contributed by atoms with van der Waals surface area (Å²) in [6.07, 6.45) is 9.28. The summed E-state index contributed by atoms with van der Waals surface area (Å²) in [7, 11) is 2.22. The highest BCUT2D eigenvalue weighted by atomic mass is 16.2. The highest BCUT2D eigenvalue weighted by Gasteiger charge is 2.36. The zero-order valence-corrected chi connectivity index (χ0v) is 14.2. The van der Waals surface area contributed by atoms with Gasteiger partial charge in [0.2, 0.25) is 5.91 Å². The van der Waals surface area contributed by atoms with E-state index in [1.807, 2.05) is 0 Å². The second-order valence-corrected chi connectivity index (χ2v) is 7.21. The summed E-state index contributed by atoms with van der Waals surface area (Å²) in [5.74, 6) is 0.290. The van der Waals surface area contributed by atoms with Crippen LogP contribution in [-0.2, 0) is 11.3 Å². The van der Waals surface area contributed by atoms with Gasteiger partial charge in [0.15, 0.2) is 0 Å². The lowest BCUT2D eigenvalue weighted by molar-refractivity contribution is -0.133. The second kappa shape index (κ2) is 7.38. The summed E-state index contributed by atoms with van der Waals surface area (Å²) in [6.45, 7) is 5.02. The van der Waals surface area contributed by atoms with Crippen LogP contribution in [-0.4, -0.2) is 69.1 Å². The van der Waals surface area contributed by atoms with E-state index in [1.54, 1.807) is 11.0 Å². The molecular weight excluding hydrogens is 292 g/mol. The molecule has 0 unspecified atom stereocenters.